The number of methoxy groups -OCH3 is 1. The van der Waals surface area contributed by atoms with Gasteiger partial charge in [-0.25, -0.2) is 4.98 Å². The van der Waals surface area contributed by atoms with Crippen LogP contribution >= 0.6 is 23.4 Å². The molecule has 0 fully saturated rings. The maximum Gasteiger partial charge on any atom is 0.242 e. The molecule has 1 atom stereocenters. The Labute approximate surface area is 167 Å². The second-order valence-corrected chi connectivity index (χ2v) is 7.22. The Balaban J connectivity index is 1.86. The van der Waals surface area contributed by atoms with Gasteiger partial charge < -0.3 is 14.6 Å². The van der Waals surface area contributed by atoms with Crippen molar-refractivity contribution in [3.05, 3.63) is 71.5 Å². The van der Waals surface area contributed by atoms with Crippen molar-refractivity contribution < 1.29 is 9.53 Å². The monoisotopic (exact) mass is 401 g/mol. The van der Waals surface area contributed by atoms with Crippen LogP contribution in [-0.4, -0.2) is 22.6 Å². The molecule has 0 bridgehead atoms. The van der Waals surface area contributed by atoms with Crippen molar-refractivity contribution >= 4 is 35.0 Å². The van der Waals surface area contributed by atoms with Crippen molar-refractivity contribution in [2.24, 2.45) is 0 Å². The van der Waals surface area contributed by atoms with Crippen molar-refractivity contribution in [3.8, 4) is 5.75 Å². The molecule has 0 saturated carbocycles. The van der Waals surface area contributed by atoms with E-state index in [1.165, 1.54) is 11.8 Å². The smallest absolute Gasteiger partial charge is 0.242 e. The topological polar surface area (TPSA) is 56.2 Å². The van der Waals surface area contributed by atoms with E-state index in [0.717, 1.165) is 17.3 Å². The van der Waals surface area contributed by atoms with Gasteiger partial charge in [0.1, 0.15) is 11.0 Å². The van der Waals surface area contributed by atoms with Crippen LogP contribution in [0.25, 0.3) is 0 Å². The van der Waals surface area contributed by atoms with E-state index in [1.807, 2.05) is 48.0 Å². The summed E-state index contributed by atoms with van der Waals surface area (Å²) in [4.78, 5) is 17.4. The number of benzene rings is 2. The third-order valence-electron chi connectivity index (χ3n) is 4.00. The van der Waals surface area contributed by atoms with Gasteiger partial charge in [0.15, 0.2) is 5.16 Å². The maximum absolute atomic E-state index is 13.1. The first-order valence-electron chi connectivity index (χ1n) is 8.49. The normalized spacial score (nSPS) is 11.8. The molecule has 0 aliphatic heterocycles. The Morgan fingerprint density at radius 3 is 2.74 bits per heavy atom. The zero-order valence-electron chi connectivity index (χ0n) is 15.1. The van der Waals surface area contributed by atoms with Gasteiger partial charge in [0.25, 0.3) is 0 Å². The number of aromatic nitrogens is 2. The largest absolute Gasteiger partial charge is 0.495 e. The highest BCUT2D eigenvalue weighted by Crippen LogP contribution is 2.36. The van der Waals surface area contributed by atoms with E-state index in [2.05, 4.69) is 10.3 Å². The average Bonchev–Trinajstić information content (AvgIpc) is 3.14. The Kier molecular flexibility index (Phi) is 6.42. The highest BCUT2D eigenvalue weighted by Gasteiger charge is 2.24. The number of amides is 1. The summed E-state index contributed by atoms with van der Waals surface area (Å²) in [5.41, 5.74) is 1.52. The molecule has 1 N–H and O–H groups in total. The van der Waals surface area contributed by atoms with E-state index in [-0.39, 0.29) is 5.91 Å². The van der Waals surface area contributed by atoms with Crippen LogP contribution in [0, 0.1) is 0 Å². The minimum atomic E-state index is -0.445. The molecule has 27 heavy (non-hydrogen) atoms. The van der Waals surface area contributed by atoms with E-state index in [4.69, 9.17) is 16.3 Å². The van der Waals surface area contributed by atoms with Crippen LogP contribution in [-0.2, 0) is 11.3 Å². The third-order valence-corrected chi connectivity index (χ3v) is 5.57. The fourth-order valence-corrected chi connectivity index (χ4v) is 3.99. The number of hydrogen-bond donors (Lipinski definition) is 1. The molecule has 0 aliphatic carbocycles. The van der Waals surface area contributed by atoms with Crippen molar-refractivity contribution in [1.82, 2.24) is 9.55 Å². The Bertz CT molecular complexity index is 915. The van der Waals surface area contributed by atoms with E-state index in [0.29, 0.717) is 16.5 Å². The summed E-state index contributed by atoms with van der Waals surface area (Å²) in [5.74, 6) is 0.423. The molecular weight excluding hydrogens is 382 g/mol. The summed E-state index contributed by atoms with van der Waals surface area (Å²) in [7, 11) is 1.55. The summed E-state index contributed by atoms with van der Waals surface area (Å²) in [6.07, 6.45) is 3.65. The lowest BCUT2D eigenvalue weighted by Crippen LogP contribution is -2.19. The molecule has 0 radical (unpaired) electrons. The zero-order chi connectivity index (χ0) is 19.2. The molecule has 0 spiro atoms. The van der Waals surface area contributed by atoms with Gasteiger partial charge in [-0.15, -0.1) is 0 Å². The molecule has 3 rings (SSSR count). The number of nitrogens with zero attached hydrogens (tertiary/aromatic N) is 2. The number of thioether (sulfide) groups is 1. The minimum Gasteiger partial charge on any atom is -0.495 e. The molecule has 140 valence electrons. The van der Waals surface area contributed by atoms with Gasteiger partial charge in [-0.2, -0.15) is 0 Å². The molecule has 1 aromatic heterocycles. The van der Waals surface area contributed by atoms with Gasteiger partial charge in [0, 0.05) is 24.6 Å². The van der Waals surface area contributed by atoms with Crippen LogP contribution in [0.1, 0.15) is 17.7 Å². The number of carbonyl (C=O) groups excluding carboxylic acids is 1. The van der Waals surface area contributed by atoms with Gasteiger partial charge in [0.05, 0.1) is 12.1 Å². The number of aryl methyl sites for hydroxylation is 1. The van der Waals surface area contributed by atoms with Crippen molar-refractivity contribution in [1.29, 1.82) is 0 Å². The van der Waals surface area contributed by atoms with Crippen LogP contribution in [0.4, 0.5) is 5.69 Å². The molecule has 1 unspecified atom stereocenters. The second-order valence-electron chi connectivity index (χ2n) is 5.74. The number of ether oxygens (including phenoxy) is 1. The molecule has 7 heteroatoms. The quantitative estimate of drug-likeness (QED) is 0.563. The first kappa shape index (κ1) is 19.3. The van der Waals surface area contributed by atoms with Gasteiger partial charge in [-0.1, -0.05) is 53.7 Å². The van der Waals surface area contributed by atoms with Crippen LogP contribution < -0.4 is 10.1 Å². The zero-order valence-corrected chi connectivity index (χ0v) is 16.6. The Morgan fingerprint density at radius 2 is 2.07 bits per heavy atom. The van der Waals surface area contributed by atoms with Crippen molar-refractivity contribution in [2.45, 2.75) is 23.9 Å². The second kappa shape index (κ2) is 8.97. The average molecular weight is 402 g/mol. The summed E-state index contributed by atoms with van der Waals surface area (Å²) in [5, 5.41) is 3.75. The summed E-state index contributed by atoms with van der Waals surface area (Å²) in [6.45, 7) is 2.84. The van der Waals surface area contributed by atoms with Crippen LogP contribution in [0.5, 0.6) is 5.75 Å². The first-order valence-corrected chi connectivity index (χ1v) is 9.75. The molecule has 1 heterocycles. The lowest BCUT2D eigenvalue weighted by molar-refractivity contribution is -0.115. The number of carbonyl (C=O) groups is 1. The molecule has 1 amide bonds. The minimum absolute atomic E-state index is 0.141. The molecule has 2 aromatic carbocycles. The Morgan fingerprint density at radius 1 is 1.30 bits per heavy atom. The molecule has 0 aliphatic rings. The van der Waals surface area contributed by atoms with Gasteiger partial charge in [-0.05, 0) is 30.7 Å². The number of halogens is 1. The van der Waals surface area contributed by atoms with E-state index < -0.39 is 5.25 Å². The highest BCUT2D eigenvalue weighted by atomic mass is 35.5. The van der Waals surface area contributed by atoms with Crippen LogP contribution in [0.2, 0.25) is 5.02 Å². The summed E-state index contributed by atoms with van der Waals surface area (Å²) in [6, 6.07) is 14.8. The summed E-state index contributed by atoms with van der Waals surface area (Å²) >= 11 is 7.59. The van der Waals surface area contributed by atoms with Gasteiger partial charge in [-0.3, -0.25) is 4.79 Å². The van der Waals surface area contributed by atoms with E-state index >= 15 is 0 Å². The summed E-state index contributed by atoms with van der Waals surface area (Å²) < 4.78 is 7.17. The van der Waals surface area contributed by atoms with Crippen LogP contribution in [0.15, 0.2) is 66.1 Å². The van der Waals surface area contributed by atoms with Crippen LogP contribution in [0.3, 0.4) is 0 Å². The maximum atomic E-state index is 13.1. The van der Waals surface area contributed by atoms with Gasteiger partial charge >= 0.3 is 0 Å². The fourth-order valence-electron chi connectivity index (χ4n) is 2.61. The molecular formula is C20H20ClN3O2S. The number of anilines is 1. The molecule has 3 aromatic rings. The number of rotatable bonds is 7. The number of hydrogen-bond acceptors (Lipinski definition) is 4. The van der Waals surface area contributed by atoms with E-state index in [9.17, 15) is 4.79 Å². The molecule has 0 saturated heterocycles. The lowest BCUT2D eigenvalue weighted by atomic mass is 10.1. The fraction of sp³-hybridized carbons (Fsp3) is 0.200. The predicted octanol–water partition coefficient (Wildman–Crippen LogP) is 5.04. The molecule has 5 nitrogen and oxygen atoms in total. The SMILES string of the molecule is CCn1ccnc1SC(C(=O)Nc1ccc(OC)c(Cl)c1)c1ccccc1. The highest BCUT2D eigenvalue weighted by molar-refractivity contribution is 8.00. The standard InChI is InChI=1S/C20H20ClN3O2S/c1-3-24-12-11-22-20(24)27-18(14-7-5-4-6-8-14)19(25)23-15-9-10-17(26-2)16(21)13-15/h4-13,18H,3H2,1-2H3,(H,23,25). The Hall–Kier alpha value is -2.44. The van der Waals surface area contributed by atoms with E-state index in [1.54, 1.807) is 31.5 Å². The third kappa shape index (κ3) is 4.64. The van der Waals surface area contributed by atoms with Gasteiger partial charge in [0.2, 0.25) is 5.91 Å². The predicted molar refractivity (Wildman–Crippen MR) is 110 cm³/mol. The first-order chi connectivity index (χ1) is 13.1. The number of imidazole rings is 1. The van der Waals surface area contributed by atoms with Crippen molar-refractivity contribution in [3.63, 3.8) is 0 Å². The van der Waals surface area contributed by atoms with Crippen molar-refractivity contribution in [2.75, 3.05) is 12.4 Å². The lowest BCUT2D eigenvalue weighted by Gasteiger charge is -2.17. The number of nitrogens with one attached hydrogen (secondary N) is 1.